The van der Waals surface area contributed by atoms with Crippen LogP contribution in [0.15, 0.2) is 48.1 Å². The Bertz CT molecular complexity index is 839. The van der Waals surface area contributed by atoms with Crippen molar-refractivity contribution in [2.45, 2.75) is 12.5 Å². The number of hydrogen-bond donors (Lipinski definition) is 2. The fraction of sp³-hybridized carbons (Fsp3) is 0.176. The number of halogens is 1. The van der Waals surface area contributed by atoms with E-state index in [1.165, 1.54) is 35.6 Å². The molecule has 0 aliphatic heterocycles. The number of carbonyl (C=O) groups is 1. The summed E-state index contributed by atoms with van der Waals surface area (Å²) in [6, 6.07) is 6.90. The molecule has 0 aliphatic rings. The number of nitrogens with one attached hydrogen (secondary N) is 1. The third-order valence-electron chi connectivity index (χ3n) is 3.42. The summed E-state index contributed by atoms with van der Waals surface area (Å²) in [6.07, 6.45) is 2.50. The van der Waals surface area contributed by atoms with Crippen molar-refractivity contribution in [3.05, 3.63) is 65.2 Å². The molecule has 2 heterocycles. The van der Waals surface area contributed by atoms with E-state index in [0.29, 0.717) is 29.4 Å². The van der Waals surface area contributed by atoms with E-state index in [9.17, 15) is 14.3 Å². The maximum Gasteiger partial charge on any atom is 0.253 e. The molecule has 0 saturated carbocycles. The number of rotatable bonds is 6. The van der Waals surface area contributed by atoms with Crippen LogP contribution in [-0.2, 0) is 11.2 Å². The molecule has 0 saturated heterocycles. The third kappa shape index (κ3) is 4.43. The van der Waals surface area contributed by atoms with Crippen molar-refractivity contribution in [3.63, 3.8) is 0 Å². The zero-order valence-corrected chi connectivity index (χ0v) is 13.9. The van der Waals surface area contributed by atoms with Crippen LogP contribution in [0.5, 0.6) is 0 Å². The van der Waals surface area contributed by atoms with Gasteiger partial charge < -0.3 is 10.4 Å². The predicted molar refractivity (Wildman–Crippen MR) is 91.2 cm³/mol. The van der Waals surface area contributed by atoms with Crippen LogP contribution in [0.4, 0.5) is 4.39 Å². The number of aromatic nitrogens is 3. The van der Waals surface area contributed by atoms with E-state index < -0.39 is 17.8 Å². The molecule has 1 unspecified atom stereocenters. The molecule has 0 spiro atoms. The summed E-state index contributed by atoms with van der Waals surface area (Å²) in [5.74, 6) is -0.388. The molecule has 128 valence electrons. The fourth-order valence-electron chi connectivity index (χ4n) is 2.14. The van der Waals surface area contributed by atoms with Crippen LogP contribution in [0.1, 0.15) is 17.4 Å². The molecule has 8 heteroatoms. The molecular formula is C17H15FN4O2S. The smallest absolute Gasteiger partial charge is 0.253 e. The van der Waals surface area contributed by atoms with Gasteiger partial charge in [-0.3, -0.25) is 4.79 Å². The molecule has 3 aromatic rings. The molecule has 1 aromatic carbocycles. The molecule has 2 aromatic heterocycles. The number of aliphatic hydroxyl groups excluding tert-OH is 1. The molecular weight excluding hydrogens is 343 g/mol. The van der Waals surface area contributed by atoms with Gasteiger partial charge in [0.2, 0.25) is 0 Å². The number of carbonyl (C=O) groups excluding carboxylic acids is 1. The van der Waals surface area contributed by atoms with E-state index in [4.69, 9.17) is 0 Å². The molecule has 2 N–H and O–H groups in total. The van der Waals surface area contributed by atoms with Crippen molar-refractivity contribution in [2.24, 2.45) is 0 Å². The van der Waals surface area contributed by atoms with Gasteiger partial charge in [0.25, 0.3) is 5.91 Å². The highest BCUT2D eigenvalue weighted by Crippen LogP contribution is 2.19. The second-order valence-electron chi connectivity index (χ2n) is 5.21. The minimum Gasteiger partial charge on any atom is -0.378 e. The van der Waals surface area contributed by atoms with Gasteiger partial charge in [-0.1, -0.05) is 12.1 Å². The third-order valence-corrected chi connectivity index (χ3v) is 4.31. The number of amides is 1. The quantitative estimate of drug-likeness (QED) is 0.705. The lowest BCUT2D eigenvalue weighted by atomic mass is 10.1. The van der Waals surface area contributed by atoms with Gasteiger partial charge in [-0.2, -0.15) is 0 Å². The summed E-state index contributed by atoms with van der Waals surface area (Å²) < 4.78 is 12.9. The maximum absolute atomic E-state index is 12.9. The van der Waals surface area contributed by atoms with E-state index in [1.807, 2.05) is 5.38 Å². The highest BCUT2D eigenvalue weighted by Gasteiger charge is 2.17. The Morgan fingerprint density at radius 3 is 2.68 bits per heavy atom. The number of nitrogens with zero attached hydrogens (tertiary/aromatic N) is 3. The molecule has 0 bridgehead atoms. The van der Waals surface area contributed by atoms with E-state index in [2.05, 4.69) is 20.3 Å². The summed E-state index contributed by atoms with van der Waals surface area (Å²) in [5.41, 5.74) is 1.15. The van der Waals surface area contributed by atoms with Crippen LogP contribution in [-0.4, -0.2) is 32.5 Å². The van der Waals surface area contributed by atoms with Crippen molar-refractivity contribution in [2.75, 3.05) is 6.54 Å². The summed E-state index contributed by atoms with van der Waals surface area (Å²) in [7, 11) is 0. The van der Waals surface area contributed by atoms with Crippen LogP contribution in [0.3, 0.4) is 0 Å². The Morgan fingerprint density at radius 1 is 1.24 bits per heavy atom. The molecule has 25 heavy (non-hydrogen) atoms. The van der Waals surface area contributed by atoms with Crippen molar-refractivity contribution in [3.8, 4) is 10.8 Å². The van der Waals surface area contributed by atoms with Crippen LogP contribution < -0.4 is 5.32 Å². The van der Waals surface area contributed by atoms with Gasteiger partial charge in [-0.05, 0) is 23.8 Å². The average molecular weight is 358 g/mol. The van der Waals surface area contributed by atoms with Gasteiger partial charge in [0, 0.05) is 30.7 Å². The van der Waals surface area contributed by atoms with Gasteiger partial charge in [-0.15, -0.1) is 11.3 Å². The van der Waals surface area contributed by atoms with Crippen LogP contribution >= 0.6 is 11.3 Å². The Kier molecular flexibility index (Phi) is 5.42. The summed E-state index contributed by atoms with van der Waals surface area (Å²) >= 11 is 1.43. The SMILES string of the molecule is O=C(NCCc1csc(-c2ncccn2)n1)C(O)c1ccc(F)cc1. The molecule has 0 radical (unpaired) electrons. The molecule has 1 amide bonds. The van der Waals surface area contributed by atoms with Crippen molar-refractivity contribution in [1.29, 1.82) is 0 Å². The molecule has 3 rings (SSSR count). The molecule has 1 atom stereocenters. The van der Waals surface area contributed by atoms with Gasteiger partial charge in [0.15, 0.2) is 16.9 Å². The summed E-state index contributed by atoms with van der Waals surface area (Å²) in [6.45, 7) is 0.329. The maximum atomic E-state index is 12.9. The second kappa shape index (κ2) is 7.91. The first kappa shape index (κ1) is 17.1. The monoisotopic (exact) mass is 358 g/mol. The highest BCUT2D eigenvalue weighted by molar-refractivity contribution is 7.13. The van der Waals surface area contributed by atoms with E-state index in [-0.39, 0.29) is 0 Å². The minimum atomic E-state index is -1.33. The minimum absolute atomic E-state index is 0.329. The number of hydrogen-bond acceptors (Lipinski definition) is 6. The first-order chi connectivity index (χ1) is 12.1. The van der Waals surface area contributed by atoms with E-state index in [1.54, 1.807) is 18.5 Å². The zero-order chi connectivity index (χ0) is 17.6. The van der Waals surface area contributed by atoms with Gasteiger partial charge in [0.1, 0.15) is 5.82 Å². The number of aliphatic hydroxyl groups is 1. The summed E-state index contributed by atoms with van der Waals surface area (Å²) in [5, 5.41) is 15.2. The first-order valence-electron chi connectivity index (χ1n) is 7.56. The second-order valence-corrected chi connectivity index (χ2v) is 6.07. The lowest BCUT2D eigenvalue weighted by molar-refractivity contribution is -0.129. The highest BCUT2D eigenvalue weighted by atomic mass is 32.1. The van der Waals surface area contributed by atoms with Crippen molar-refractivity contribution < 1.29 is 14.3 Å². The molecule has 6 nitrogen and oxygen atoms in total. The predicted octanol–water partition coefficient (Wildman–Crippen LogP) is 2.13. The Morgan fingerprint density at radius 2 is 1.96 bits per heavy atom. The Balaban J connectivity index is 1.52. The number of benzene rings is 1. The standard InChI is InChI=1S/C17H15FN4O2S/c18-12-4-2-11(3-5-12)14(23)16(24)21-9-6-13-10-25-17(22-13)15-19-7-1-8-20-15/h1-5,7-8,10,14,23H,6,9H2,(H,21,24). The van der Waals surface area contributed by atoms with Crippen LogP contribution in [0, 0.1) is 5.82 Å². The molecule has 0 fully saturated rings. The largest absolute Gasteiger partial charge is 0.378 e. The lowest BCUT2D eigenvalue weighted by Gasteiger charge is -2.11. The Hall–Kier alpha value is -2.71. The zero-order valence-electron chi connectivity index (χ0n) is 13.1. The van der Waals surface area contributed by atoms with Crippen LogP contribution in [0.25, 0.3) is 10.8 Å². The van der Waals surface area contributed by atoms with Crippen LogP contribution in [0.2, 0.25) is 0 Å². The van der Waals surface area contributed by atoms with E-state index >= 15 is 0 Å². The van der Waals surface area contributed by atoms with Gasteiger partial charge >= 0.3 is 0 Å². The van der Waals surface area contributed by atoms with Crippen molar-refractivity contribution in [1.82, 2.24) is 20.3 Å². The van der Waals surface area contributed by atoms with E-state index in [0.717, 1.165) is 5.69 Å². The first-order valence-corrected chi connectivity index (χ1v) is 8.44. The van der Waals surface area contributed by atoms with Crippen molar-refractivity contribution >= 4 is 17.2 Å². The average Bonchev–Trinajstić information content (AvgIpc) is 3.11. The molecule has 0 aliphatic carbocycles. The fourth-order valence-corrected chi connectivity index (χ4v) is 2.94. The lowest BCUT2D eigenvalue weighted by Crippen LogP contribution is -2.31. The normalized spacial score (nSPS) is 11.9. The van der Waals surface area contributed by atoms with Gasteiger partial charge in [-0.25, -0.2) is 19.3 Å². The topological polar surface area (TPSA) is 88.0 Å². The number of thiazole rings is 1. The Labute approximate surface area is 147 Å². The van der Waals surface area contributed by atoms with Gasteiger partial charge in [0.05, 0.1) is 5.69 Å². The summed E-state index contributed by atoms with van der Waals surface area (Å²) in [4.78, 5) is 24.7.